The zero-order valence-electron chi connectivity index (χ0n) is 22.2. The number of allylic oxidation sites excluding steroid dienone is 1. The summed E-state index contributed by atoms with van der Waals surface area (Å²) in [6.07, 6.45) is 1.92. The zero-order valence-corrected chi connectivity index (χ0v) is 23.0. The van der Waals surface area contributed by atoms with Crippen LogP contribution in [0.5, 0.6) is 11.5 Å². The molecule has 1 aliphatic rings. The molecule has 1 N–H and O–H groups in total. The lowest BCUT2D eigenvalue weighted by Crippen LogP contribution is -2.40. The van der Waals surface area contributed by atoms with Gasteiger partial charge in [-0.3, -0.25) is 14.2 Å². The number of thiazole rings is 1. The van der Waals surface area contributed by atoms with Crippen molar-refractivity contribution in [3.8, 4) is 11.5 Å². The van der Waals surface area contributed by atoms with Crippen LogP contribution in [-0.2, 0) is 4.79 Å². The number of ether oxygens (including phenoxy) is 2. The summed E-state index contributed by atoms with van der Waals surface area (Å²) in [5.74, 6) is 1.09. The minimum absolute atomic E-state index is 0.0766. The number of rotatable bonds is 7. The molecule has 3 aromatic carbocycles. The number of aromatic nitrogens is 1. The average molecular weight is 540 g/mol. The van der Waals surface area contributed by atoms with E-state index in [-0.39, 0.29) is 17.6 Å². The molecule has 4 aromatic rings. The van der Waals surface area contributed by atoms with E-state index in [0.717, 1.165) is 16.9 Å². The van der Waals surface area contributed by atoms with Crippen molar-refractivity contribution in [1.29, 1.82) is 0 Å². The molecule has 0 spiro atoms. The highest BCUT2D eigenvalue weighted by atomic mass is 32.1. The van der Waals surface area contributed by atoms with Gasteiger partial charge >= 0.3 is 0 Å². The number of amides is 1. The van der Waals surface area contributed by atoms with E-state index in [1.807, 2.05) is 98.8 Å². The molecular formula is C31H29N3O4S. The topological polar surface area (TPSA) is 81.9 Å². The minimum Gasteiger partial charge on any atom is -0.497 e. The Bertz CT molecular complexity index is 1720. The molecule has 0 unspecified atom stereocenters. The number of nitrogens with one attached hydrogen (secondary N) is 1. The lowest BCUT2D eigenvalue weighted by Gasteiger charge is -2.25. The third-order valence-corrected chi connectivity index (χ3v) is 7.24. The molecule has 1 atom stereocenters. The number of carbonyl (C=O) groups excluding carboxylic acids is 1. The summed E-state index contributed by atoms with van der Waals surface area (Å²) >= 11 is 1.30. The van der Waals surface area contributed by atoms with Crippen LogP contribution in [0.3, 0.4) is 0 Å². The van der Waals surface area contributed by atoms with Gasteiger partial charge in [-0.05, 0) is 74.4 Å². The maximum atomic E-state index is 13.9. The summed E-state index contributed by atoms with van der Waals surface area (Å²) in [4.78, 5) is 32.8. The van der Waals surface area contributed by atoms with E-state index in [2.05, 4.69) is 5.32 Å². The Balaban J connectivity index is 1.62. The summed E-state index contributed by atoms with van der Waals surface area (Å²) in [5, 5.41) is 2.97. The molecule has 0 bridgehead atoms. The molecule has 5 rings (SSSR count). The Morgan fingerprint density at radius 3 is 2.46 bits per heavy atom. The van der Waals surface area contributed by atoms with Crippen LogP contribution in [0, 0.1) is 0 Å². The molecule has 0 aliphatic carbocycles. The van der Waals surface area contributed by atoms with Crippen LogP contribution < -0.4 is 29.7 Å². The van der Waals surface area contributed by atoms with Gasteiger partial charge in [0.1, 0.15) is 11.5 Å². The smallest absolute Gasteiger partial charge is 0.271 e. The van der Waals surface area contributed by atoms with Crippen molar-refractivity contribution in [2.24, 2.45) is 4.99 Å². The van der Waals surface area contributed by atoms with Gasteiger partial charge in [0.05, 0.1) is 35.1 Å². The molecule has 0 saturated carbocycles. The van der Waals surface area contributed by atoms with Crippen LogP contribution in [0.1, 0.15) is 37.9 Å². The number of fused-ring (bicyclic) bond motifs is 1. The molecule has 2 heterocycles. The van der Waals surface area contributed by atoms with Gasteiger partial charge in [0.15, 0.2) is 4.80 Å². The van der Waals surface area contributed by atoms with Gasteiger partial charge in [0, 0.05) is 5.69 Å². The highest BCUT2D eigenvalue weighted by Crippen LogP contribution is 2.32. The van der Waals surface area contributed by atoms with Crippen molar-refractivity contribution >= 4 is 29.0 Å². The highest BCUT2D eigenvalue weighted by molar-refractivity contribution is 7.07. The van der Waals surface area contributed by atoms with Crippen LogP contribution >= 0.6 is 11.3 Å². The first-order valence-electron chi connectivity index (χ1n) is 12.6. The molecular weight excluding hydrogens is 510 g/mol. The third kappa shape index (κ3) is 5.56. The molecule has 1 aliphatic heterocycles. The number of hydrogen-bond donors (Lipinski definition) is 1. The van der Waals surface area contributed by atoms with E-state index >= 15 is 0 Å². The van der Waals surface area contributed by atoms with Gasteiger partial charge in [-0.2, -0.15) is 0 Å². The first-order chi connectivity index (χ1) is 18.8. The predicted octanol–water partition coefficient (Wildman–Crippen LogP) is 4.67. The van der Waals surface area contributed by atoms with Crippen LogP contribution in [0.15, 0.2) is 99.9 Å². The van der Waals surface area contributed by atoms with Crippen LogP contribution in [-0.4, -0.2) is 23.7 Å². The van der Waals surface area contributed by atoms with Crippen molar-refractivity contribution < 1.29 is 14.3 Å². The fourth-order valence-electron chi connectivity index (χ4n) is 4.52. The Labute approximate surface area is 230 Å². The van der Waals surface area contributed by atoms with E-state index in [1.165, 1.54) is 11.3 Å². The number of benzene rings is 3. The van der Waals surface area contributed by atoms with E-state index in [4.69, 9.17) is 14.5 Å². The lowest BCUT2D eigenvalue weighted by atomic mass is 9.95. The van der Waals surface area contributed by atoms with Crippen LogP contribution in [0.4, 0.5) is 5.69 Å². The highest BCUT2D eigenvalue weighted by Gasteiger charge is 2.32. The van der Waals surface area contributed by atoms with Crippen LogP contribution in [0.2, 0.25) is 0 Å². The molecule has 8 heteroatoms. The lowest BCUT2D eigenvalue weighted by molar-refractivity contribution is -0.113. The van der Waals surface area contributed by atoms with E-state index in [9.17, 15) is 9.59 Å². The number of hydrogen-bond acceptors (Lipinski definition) is 6. The van der Waals surface area contributed by atoms with Crippen molar-refractivity contribution in [3.63, 3.8) is 0 Å². The maximum Gasteiger partial charge on any atom is 0.271 e. The van der Waals surface area contributed by atoms with Crippen molar-refractivity contribution in [3.05, 3.63) is 121 Å². The van der Waals surface area contributed by atoms with Crippen LogP contribution in [0.25, 0.3) is 6.08 Å². The minimum atomic E-state index is -0.677. The van der Waals surface area contributed by atoms with E-state index < -0.39 is 6.04 Å². The number of nitrogens with zero attached hydrogens (tertiary/aromatic N) is 2. The average Bonchev–Trinajstić information content (AvgIpc) is 3.23. The largest absolute Gasteiger partial charge is 0.497 e. The molecule has 1 aromatic heterocycles. The first kappa shape index (κ1) is 26.2. The molecule has 0 fully saturated rings. The second kappa shape index (κ2) is 11.1. The first-order valence-corrected chi connectivity index (χ1v) is 13.5. The van der Waals surface area contributed by atoms with Crippen molar-refractivity contribution in [1.82, 2.24) is 4.57 Å². The summed E-state index contributed by atoms with van der Waals surface area (Å²) < 4.78 is 13.3. The van der Waals surface area contributed by atoms with Gasteiger partial charge < -0.3 is 14.8 Å². The molecule has 198 valence electrons. The second-order valence-corrected chi connectivity index (χ2v) is 10.4. The van der Waals surface area contributed by atoms with Gasteiger partial charge in [0.2, 0.25) is 0 Å². The quantitative estimate of drug-likeness (QED) is 0.370. The summed E-state index contributed by atoms with van der Waals surface area (Å²) in [6, 6.07) is 23.6. The SMILES string of the molecule is COc1cccc([C@@H]2C(C(=O)Nc3ccccc3)=C(C)N=c3s/c(=C\c4ccc(OC(C)C)cc4)c(=O)n32)c1. The summed E-state index contributed by atoms with van der Waals surface area (Å²) in [5.41, 5.74) is 3.03. The summed E-state index contributed by atoms with van der Waals surface area (Å²) in [6.45, 7) is 5.76. The number of methoxy groups -OCH3 is 1. The Kier molecular flexibility index (Phi) is 7.47. The number of anilines is 1. The van der Waals surface area contributed by atoms with Gasteiger partial charge in [-0.1, -0.05) is 53.8 Å². The molecule has 0 radical (unpaired) electrons. The second-order valence-electron chi connectivity index (χ2n) is 9.41. The number of para-hydroxylation sites is 1. The zero-order chi connectivity index (χ0) is 27.5. The molecule has 1 amide bonds. The maximum absolute atomic E-state index is 13.9. The van der Waals surface area contributed by atoms with Crippen molar-refractivity contribution in [2.45, 2.75) is 32.9 Å². The van der Waals surface area contributed by atoms with Gasteiger partial charge in [0.25, 0.3) is 11.5 Å². The standard InChI is InChI=1S/C31H29N3O4S/c1-19(2)38-24-15-13-21(14-16-24)17-26-30(36)34-28(22-9-8-12-25(18-22)37-4)27(20(3)32-31(34)39-26)29(35)33-23-10-6-5-7-11-23/h5-19,28H,1-4H3,(H,33,35)/b26-17-/t28-/m1/s1. The predicted molar refractivity (Wildman–Crippen MR) is 154 cm³/mol. The Morgan fingerprint density at radius 2 is 1.77 bits per heavy atom. The third-order valence-electron chi connectivity index (χ3n) is 6.26. The summed E-state index contributed by atoms with van der Waals surface area (Å²) in [7, 11) is 1.59. The Hall–Kier alpha value is -4.43. The normalized spacial score (nSPS) is 15.1. The Morgan fingerprint density at radius 1 is 1.03 bits per heavy atom. The molecule has 7 nitrogen and oxygen atoms in total. The fourth-order valence-corrected chi connectivity index (χ4v) is 5.57. The van der Waals surface area contributed by atoms with Gasteiger partial charge in [-0.25, -0.2) is 4.99 Å². The number of carbonyl (C=O) groups is 1. The van der Waals surface area contributed by atoms with Gasteiger partial charge in [-0.15, -0.1) is 0 Å². The molecule has 39 heavy (non-hydrogen) atoms. The van der Waals surface area contributed by atoms with Crippen molar-refractivity contribution in [2.75, 3.05) is 12.4 Å². The monoisotopic (exact) mass is 539 g/mol. The van der Waals surface area contributed by atoms with E-state index in [0.29, 0.717) is 32.0 Å². The fraction of sp³-hybridized carbons (Fsp3) is 0.194. The van der Waals surface area contributed by atoms with E-state index in [1.54, 1.807) is 18.6 Å². The molecule has 0 saturated heterocycles.